The van der Waals surface area contributed by atoms with Crippen LogP contribution < -0.4 is 5.32 Å². The van der Waals surface area contributed by atoms with Gasteiger partial charge in [0.25, 0.3) is 5.91 Å². The standard InChI is InChI=1S/C14H13ClN6O/c1-9-17-13(14(22)18-12-7-8-16-20(12)2)19-21(9)11-6-4-3-5-10(11)15/h3-8H,1-2H3,(H,18,22). The number of carbonyl (C=O) groups excluding carboxylic acids is 1. The Hall–Kier alpha value is -2.67. The van der Waals surface area contributed by atoms with Gasteiger partial charge in [0, 0.05) is 13.1 Å². The van der Waals surface area contributed by atoms with Crippen molar-refractivity contribution in [3.05, 3.63) is 53.2 Å². The SMILES string of the molecule is Cc1nc(C(=O)Nc2ccnn2C)nn1-c1ccccc1Cl. The van der Waals surface area contributed by atoms with Gasteiger partial charge in [0.1, 0.15) is 11.6 Å². The zero-order valence-electron chi connectivity index (χ0n) is 12.0. The minimum Gasteiger partial charge on any atom is -0.304 e. The number of anilines is 1. The largest absolute Gasteiger partial charge is 0.304 e. The van der Waals surface area contributed by atoms with E-state index in [9.17, 15) is 4.79 Å². The molecular weight excluding hydrogens is 304 g/mol. The van der Waals surface area contributed by atoms with Gasteiger partial charge in [0.2, 0.25) is 5.82 Å². The molecule has 0 saturated carbocycles. The normalized spacial score (nSPS) is 10.7. The Bertz CT molecular complexity index is 837. The first-order valence-electron chi connectivity index (χ1n) is 6.54. The van der Waals surface area contributed by atoms with E-state index >= 15 is 0 Å². The van der Waals surface area contributed by atoms with Crippen molar-refractivity contribution in [3.63, 3.8) is 0 Å². The topological polar surface area (TPSA) is 77.6 Å². The monoisotopic (exact) mass is 316 g/mol. The van der Waals surface area contributed by atoms with Crippen LogP contribution in [-0.4, -0.2) is 30.5 Å². The molecule has 0 unspecified atom stereocenters. The molecule has 0 saturated heterocycles. The summed E-state index contributed by atoms with van der Waals surface area (Å²) in [5.41, 5.74) is 0.675. The number of halogens is 1. The molecule has 7 nitrogen and oxygen atoms in total. The molecule has 0 bridgehead atoms. The highest BCUT2D eigenvalue weighted by Gasteiger charge is 2.17. The van der Waals surface area contributed by atoms with Crippen LogP contribution in [0.2, 0.25) is 5.02 Å². The minimum atomic E-state index is -0.405. The minimum absolute atomic E-state index is 0.0682. The van der Waals surface area contributed by atoms with E-state index < -0.39 is 5.91 Å². The van der Waals surface area contributed by atoms with Crippen molar-refractivity contribution in [3.8, 4) is 5.69 Å². The third-order valence-electron chi connectivity index (χ3n) is 3.12. The van der Waals surface area contributed by atoms with E-state index in [0.29, 0.717) is 22.4 Å². The van der Waals surface area contributed by atoms with Gasteiger partial charge in [0.15, 0.2) is 0 Å². The molecule has 2 aromatic heterocycles. The van der Waals surface area contributed by atoms with Gasteiger partial charge in [-0.25, -0.2) is 9.67 Å². The Morgan fingerprint density at radius 2 is 2.05 bits per heavy atom. The van der Waals surface area contributed by atoms with Gasteiger partial charge in [-0.2, -0.15) is 5.10 Å². The Balaban J connectivity index is 1.91. The van der Waals surface area contributed by atoms with E-state index in [1.165, 1.54) is 0 Å². The maximum Gasteiger partial charge on any atom is 0.296 e. The number of hydrogen-bond donors (Lipinski definition) is 1. The molecule has 2 heterocycles. The highest BCUT2D eigenvalue weighted by atomic mass is 35.5. The molecule has 0 fully saturated rings. The summed E-state index contributed by atoms with van der Waals surface area (Å²) >= 11 is 6.15. The van der Waals surface area contributed by atoms with Crippen LogP contribution in [0.1, 0.15) is 16.4 Å². The summed E-state index contributed by atoms with van der Waals surface area (Å²) in [6.45, 7) is 1.76. The first kappa shape index (κ1) is 14.3. The average Bonchev–Trinajstić information content (AvgIpc) is 3.06. The quantitative estimate of drug-likeness (QED) is 0.803. The lowest BCUT2D eigenvalue weighted by atomic mass is 10.3. The lowest BCUT2D eigenvalue weighted by Gasteiger charge is -2.04. The third-order valence-corrected chi connectivity index (χ3v) is 3.43. The van der Waals surface area contributed by atoms with Crippen LogP contribution in [0.15, 0.2) is 36.5 Å². The van der Waals surface area contributed by atoms with Gasteiger partial charge in [-0.1, -0.05) is 23.7 Å². The number of aryl methyl sites for hydroxylation is 2. The summed E-state index contributed by atoms with van der Waals surface area (Å²) in [5, 5.41) is 11.5. The van der Waals surface area contributed by atoms with Crippen molar-refractivity contribution >= 4 is 23.3 Å². The summed E-state index contributed by atoms with van der Waals surface area (Å²) in [6, 6.07) is 8.93. The third kappa shape index (κ3) is 2.58. The Morgan fingerprint density at radius 3 is 2.73 bits per heavy atom. The second-order valence-electron chi connectivity index (χ2n) is 4.64. The van der Waals surface area contributed by atoms with Gasteiger partial charge < -0.3 is 5.32 Å². The molecule has 0 aliphatic rings. The molecule has 22 heavy (non-hydrogen) atoms. The summed E-state index contributed by atoms with van der Waals surface area (Å²) in [4.78, 5) is 16.4. The van der Waals surface area contributed by atoms with Crippen molar-refractivity contribution in [1.82, 2.24) is 24.5 Å². The molecule has 0 atom stereocenters. The molecule has 0 aliphatic heterocycles. The predicted octanol–water partition coefficient (Wildman–Crippen LogP) is 2.21. The molecule has 1 N–H and O–H groups in total. The first-order chi connectivity index (χ1) is 10.6. The van der Waals surface area contributed by atoms with E-state index in [1.807, 2.05) is 18.2 Å². The molecular formula is C14H13ClN6O. The first-order valence-corrected chi connectivity index (χ1v) is 6.92. The molecule has 8 heteroatoms. The Morgan fingerprint density at radius 1 is 1.27 bits per heavy atom. The zero-order chi connectivity index (χ0) is 15.7. The lowest BCUT2D eigenvalue weighted by Crippen LogP contribution is -2.16. The number of amides is 1. The Labute approximate surface area is 131 Å². The van der Waals surface area contributed by atoms with Crippen LogP contribution in [0, 0.1) is 6.92 Å². The van der Waals surface area contributed by atoms with Crippen LogP contribution in [0.3, 0.4) is 0 Å². The molecule has 3 rings (SSSR count). The number of rotatable bonds is 3. The van der Waals surface area contributed by atoms with Crippen molar-refractivity contribution in [1.29, 1.82) is 0 Å². The van der Waals surface area contributed by atoms with E-state index in [1.54, 1.807) is 41.7 Å². The average molecular weight is 317 g/mol. The molecule has 0 aliphatic carbocycles. The van der Waals surface area contributed by atoms with Gasteiger partial charge in [-0.15, -0.1) is 5.10 Å². The highest BCUT2D eigenvalue weighted by molar-refractivity contribution is 6.32. The number of benzene rings is 1. The van der Waals surface area contributed by atoms with Gasteiger partial charge >= 0.3 is 0 Å². The van der Waals surface area contributed by atoms with Crippen molar-refractivity contribution < 1.29 is 4.79 Å². The van der Waals surface area contributed by atoms with Crippen LogP contribution in [0.5, 0.6) is 0 Å². The number of nitrogens with zero attached hydrogens (tertiary/aromatic N) is 5. The number of para-hydroxylation sites is 1. The van der Waals surface area contributed by atoms with Crippen LogP contribution in [0.4, 0.5) is 5.82 Å². The summed E-state index contributed by atoms with van der Waals surface area (Å²) in [7, 11) is 1.73. The number of hydrogen-bond acceptors (Lipinski definition) is 4. The molecule has 3 aromatic rings. The predicted molar refractivity (Wildman–Crippen MR) is 82.3 cm³/mol. The highest BCUT2D eigenvalue weighted by Crippen LogP contribution is 2.20. The molecule has 0 radical (unpaired) electrons. The van der Waals surface area contributed by atoms with Gasteiger partial charge in [-0.05, 0) is 19.1 Å². The van der Waals surface area contributed by atoms with Crippen molar-refractivity contribution in [2.75, 3.05) is 5.32 Å². The van der Waals surface area contributed by atoms with Crippen LogP contribution >= 0.6 is 11.6 Å². The lowest BCUT2D eigenvalue weighted by molar-refractivity contribution is 0.101. The summed E-state index contributed by atoms with van der Waals surface area (Å²) in [6.07, 6.45) is 1.59. The van der Waals surface area contributed by atoms with Crippen LogP contribution in [0.25, 0.3) is 5.69 Å². The maximum absolute atomic E-state index is 12.2. The number of nitrogens with one attached hydrogen (secondary N) is 1. The maximum atomic E-state index is 12.2. The summed E-state index contributed by atoms with van der Waals surface area (Å²) < 4.78 is 3.09. The molecule has 1 aromatic carbocycles. The second kappa shape index (κ2) is 5.61. The van der Waals surface area contributed by atoms with Crippen LogP contribution in [-0.2, 0) is 7.05 Å². The van der Waals surface area contributed by atoms with E-state index in [0.717, 1.165) is 0 Å². The summed E-state index contributed by atoms with van der Waals surface area (Å²) in [5.74, 6) is 0.802. The fourth-order valence-electron chi connectivity index (χ4n) is 2.01. The molecule has 0 spiro atoms. The number of carbonyl (C=O) groups is 1. The zero-order valence-corrected chi connectivity index (χ0v) is 12.7. The van der Waals surface area contributed by atoms with Crippen molar-refractivity contribution in [2.45, 2.75) is 6.92 Å². The molecule has 1 amide bonds. The van der Waals surface area contributed by atoms with Crippen molar-refractivity contribution in [2.24, 2.45) is 7.05 Å². The fraction of sp³-hybridized carbons (Fsp3) is 0.143. The van der Waals surface area contributed by atoms with Gasteiger partial charge in [0.05, 0.1) is 16.9 Å². The second-order valence-corrected chi connectivity index (χ2v) is 5.05. The van der Waals surface area contributed by atoms with Gasteiger partial charge in [-0.3, -0.25) is 9.48 Å². The van der Waals surface area contributed by atoms with E-state index in [4.69, 9.17) is 11.6 Å². The molecule has 112 valence electrons. The fourth-order valence-corrected chi connectivity index (χ4v) is 2.22. The van der Waals surface area contributed by atoms with E-state index in [2.05, 4.69) is 20.5 Å². The number of aromatic nitrogens is 5. The smallest absolute Gasteiger partial charge is 0.296 e. The Kier molecular flexibility index (Phi) is 3.64. The van der Waals surface area contributed by atoms with E-state index in [-0.39, 0.29) is 5.82 Å².